The molecule has 1 fully saturated rings. The number of carbonyl (C=O) groups is 1. The van der Waals surface area contributed by atoms with E-state index in [0.717, 1.165) is 11.4 Å². The number of amides is 1. The molecule has 3 rings (SSSR count). The maximum absolute atomic E-state index is 13.1. The summed E-state index contributed by atoms with van der Waals surface area (Å²) in [5.74, 6) is 0.0329. The number of nitrogens with zero attached hydrogens (tertiary/aromatic N) is 4. The fourth-order valence-corrected chi connectivity index (χ4v) is 4.29. The summed E-state index contributed by atoms with van der Waals surface area (Å²) in [7, 11) is -1.12. The molecule has 1 aromatic heterocycles. The Balaban J connectivity index is 1.78. The van der Waals surface area contributed by atoms with Crippen LogP contribution in [-0.4, -0.2) is 84.6 Å². The molecule has 0 aliphatic carbocycles. The van der Waals surface area contributed by atoms with Crippen molar-refractivity contribution in [1.82, 2.24) is 19.4 Å². The van der Waals surface area contributed by atoms with Gasteiger partial charge in [0.1, 0.15) is 0 Å². The van der Waals surface area contributed by atoms with Gasteiger partial charge in [-0.05, 0) is 0 Å². The van der Waals surface area contributed by atoms with Crippen molar-refractivity contribution in [1.29, 1.82) is 0 Å². The van der Waals surface area contributed by atoms with Crippen LogP contribution in [0.5, 0.6) is 0 Å². The summed E-state index contributed by atoms with van der Waals surface area (Å²) in [6, 6.07) is 0. The number of hydrogen-bond acceptors (Lipinski definition) is 6. The summed E-state index contributed by atoms with van der Waals surface area (Å²) in [5.41, 5.74) is 1.82. The molecule has 1 aromatic rings. The van der Waals surface area contributed by atoms with Crippen molar-refractivity contribution in [3.63, 3.8) is 0 Å². The van der Waals surface area contributed by atoms with Crippen LogP contribution < -0.4 is 0 Å². The van der Waals surface area contributed by atoms with Gasteiger partial charge in [-0.25, -0.2) is 13.4 Å². The van der Waals surface area contributed by atoms with Gasteiger partial charge in [-0.1, -0.05) is 6.92 Å². The topological polar surface area (TPSA) is 84.7 Å². The van der Waals surface area contributed by atoms with Crippen molar-refractivity contribution in [2.24, 2.45) is 7.05 Å². The molecule has 8 nitrogen and oxygen atoms in total. The number of carbonyl (C=O) groups excluding carboxylic acids is 1. The van der Waals surface area contributed by atoms with Crippen molar-refractivity contribution in [3.8, 4) is 0 Å². The van der Waals surface area contributed by atoms with E-state index in [0.29, 0.717) is 45.9 Å². The molecule has 0 spiro atoms. The molecule has 2 aliphatic rings. The van der Waals surface area contributed by atoms with Crippen molar-refractivity contribution < 1.29 is 17.9 Å². The van der Waals surface area contributed by atoms with Crippen molar-refractivity contribution in [2.45, 2.75) is 19.4 Å². The van der Waals surface area contributed by atoms with Crippen LogP contribution in [0.25, 0.3) is 0 Å². The Hall–Kier alpha value is -1.45. The average Bonchev–Trinajstić information content (AvgIpc) is 3.00. The zero-order valence-corrected chi connectivity index (χ0v) is 15.7. The van der Waals surface area contributed by atoms with Crippen LogP contribution in [0.1, 0.15) is 24.2 Å². The molecule has 0 radical (unpaired) electrons. The van der Waals surface area contributed by atoms with E-state index in [1.165, 1.54) is 0 Å². The largest absolute Gasteiger partial charge is 0.378 e. The highest BCUT2D eigenvalue weighted by Gasteiger charge is 2.36. The van der Waals surface area contributed by atoms with E-state index in [-0.39, 0.29) is 23.3 Å². The number of morpholine rings is 1. The minimum absolute atomic E-state index is 0.0798. The molecule has 1 saturated heterocycles. The van der Waals surface area contributed by atoms with Gasteiger partial charge < -0.3 is 14.2 Å². The van der Waals surface area contributed by atoms with Crippen LogP contribution in [-0.2, 0) is 33.0 Å². The van der Waals surface area contributed by atoms with Gasteiger partial charge in [-0.3, -0.25) is 9.69 Å². The van der Waals surface area contributed by atoms with E-state index in [1.807, 2.05) is 21.4 Å². The molecular weight excluding hydrogens is 344 g/mol. The number of hydrogen-bond donors (Lipinski definition) is 0. The van der Waals surface area contributed by atoms with Gasteiger partial charge in [-0.2, -0.15) is 0 Å². The maximum atomic E-state index is 13.1. The number of aromatic nitrogens is 2. The van der Waals surface area contributed by atoms with Gasteiger partial charge in [0, 0.05) is 45.5 Å². The van der Waals surface area contributed by atoms with Crippen LogP contribution in [0.4, 0.5) is 0 Å². The standard InChI is InChI=1S/C16H26N4O4S/c1-3-25(22,23)9-6-19-10-13(15-14(11-19)17-12-18(15)2)16(21)20-4-7-24-8-5-20/h12-13H,3-11H2,1-2H3/t13-/m1/s1. The first-order chi connectivity index (χ1) is 11.9. The van der Waals surface area contributed by atoms with Gasteiger partial charge in [0.15, 0.2) is 9.84 Å². The maximum Gasteiger partial charge on any atom is 0.233 e. The van der Waals surface area contributed by atoms with Gasteiger partial charge >= 0.3 is 0 Å². The molecule has 0 bridgehead atoms. The van der Waals surface area contributed by atoms with E-state index in [2.05, 4.69) is 4.98 Å². The lowest BCUT2D eigenvalue weighted by Gasteiger charge is -2.36. The monoisotopic (exact) mass is 370 g/mol. The number of rotatable bonds is 5. The summed E-state index contributed by atoms with van der Waals surface area (Å²) in [6.07, 6.45) is 1.73. The summed E-state index contributed by atoms with van der Waals surface area (Å²) in [5, 5.41) is 0. The van der Waals surface area contributed by atoms with Crippen LogP contribution >= 0.6 is 0 Å². The smallest absolute Gasteiger partial charge is 0.233 e. The molecular formula is C16H26N4O4S. The number of sulfone groups is 1. The SMILES string of the molecule is CCS(=O)(=O)CCN1Cc2ncn(C)c2[C@H](C(=O)N2CCOCC2)C1. The fourth-order valence-electron chi connectivity index (χ4n) is 3.46. The predicted molar refractivity (Wildman–Crippen MR) is 93.0 cm³/mol. The Morgan fingerprint density at radius 2 is 2.08 bits per heavy atom. The Labute approximate surface area is 148 Å². The Kier molecular flexibility index (Phi) is 5.45. The molecule has 1 amide bonds. The fraction of sp³-hybridized carbons (Fsp3) is 0.750. The molecule has 2 aliphatic heterocycles. The second-order valence-electron chi connectivity index (χ2n) is 6.65. The number of fused-ring (bicyclic) bond motifs is 1. The van der Waals surface area contributed by atoms with Crippen LogP contribution in [0.15, 0.2) is 6.33 Å². The molecule has 0 unspecified atom stereocenters. The van der Waals surface area contributed by atoms with Gasteiger partial charge in [-0.15, -0.1) is 0 Å². The van der Waals surface area contributed by atoms with Crippen LogP contribution in [0.3, 0.4) is 0 Å². The minimum Gasteiger partial charge on any atom is -0.378 e. The molecule has 0 saturated carbocycles. The molecule has 3 heterocycles. The second kappa shape index (κ2) is 7.43. The quantitative estimate of drug-likeness (QED) is 0.702. The van der Waals surface area contributed by atoms with Crippen LogP contribution in [0, 0.1) is 0 Å². The first kappa shape index (κ1) is 18.3. The number of aryl methyl sites for hydroxylation is 1. The molecule has 0 aromatic carbocycles. The zero-order chi connectivity index (χ0) is 18.0. The van der Waals surface area contributed by atoms with E-state index in [9.17, 15) is 13.2 Å². The lowest BCUT2D eigenvalue weighted by molar-refractivity contribution is -0.137. The minimum atomic E-state index is -3.03. The van der Waals surface area contributed by atoms with Crippen molar-refractivity contribution in [3.05, 3.63) is 17.7 Å². The van der Waals surface area contributed by atoms with Crippen molar-refractivity contribution in [2.75, 3.05) is 50.9 Å². The Morgan fingerprint density at radius 3 is 2.76 bits per heavy atom. The van der Waals surface area contributed by atoms with Crippen molar-refractivity contribution >= 4 is 15.7 Å². The lowest BCUT2D eigenvalue weighted by Crippen LogP contribution is -2.48. The molecule has 140 valence electrons. The summed E-state index contributed by atoms with van der Waals surface area (Å²) < 4.78 is 30.9. The van der Waals surface area contributed by atoms with E-state index in [4.69, 9.17) is 4.74 Å². The Bertz CT molecular complexity index is 724. The van der Waals surface area contributed by atoms with Crippen LogP contribution in [0.2, 0.25) is 0 Å². The highest BCUT2D eigenvalue weighted by molar-refractivity contribution is 7.91. The first-order valence-electron chi connectivity index (χ1n) is 8.70. The summed E-state index contributed by atoms with van der Waals surface area (Å²) in [6.45, 7) is 5.54. The van der Waals surface area contributed by atoms with Gasteiger partial charge in [0.05, 0.1) is 42.6 Å². The normalized spacial score (nSPS) is 22.0. The third-order valence-electron chi connectivity index (χ3n) is 4.99. The Morgan fingerprint density at radius 1 is 1.36 bits per heavy atom. The predicted octanol–water partition coefficient (Wildman–Crippen LogP) is -0.387. The van der Waals surface area contributed by atoms with E-state index >= 15 is 0 Å². The molecule has 25 heavy (non-hydrogen) atoms. The third-order valence-corrected chi connectivity index (χ3v) is 6.67. The molecule has 9 heteroatoms. The van der Waals surface area contributed by atoms with Gasteiger partial charge in [0.2, 0.25) is 5.91 Å². The molecule has 0 N–H and O–H groups in total. The van der Waals surface area contributed by atoms with E-state index in [1.54, 1.807) is 13.3 Å². The second-order valence-corrected chi connectivity index (χ2v) is 9.12. The number of ether oxygens (including phenoxy) is 1. The summed E-state index contributed by atoms with van der Waals surface area (Å²) in [4.78, 5) is 21.4. The van der Waals surface area contributed by atoms with E-state index < -0.39 is 9.84 Å². The average molecular weight is 370 g/mol. The highest BCUT2D eigenvalue weighted by atomic mass is 32.2. The zero-order valence-electron chi connectivity index (χ0n) is 14.8. The van der Waals surface area contributed by atoms with Gasteiger partial charge in [0.25, 0.3) is 0 Å². The lowest BCUT2D eigenvalue weighted by atomic mass is 9.96. The highest BCUT2D eigenvalue weighted by Crippen LogP contribution is 2.29. The third kappa shape index (κ3) is 4.04. The summed E-state index contributed by atoms with van der Waals surface area (Å²) >= 11 is 0. The first-order valence-corrected chi connectivity index (χ1v) is 10.5. The number of imidazole rings is 1. The molecule has 1 atom stereocenters.